The molecule has 18 heteroatoms. The van der Waals surface area contributed by atoms with E-state index in [4.69, 9.17) is 4.55 Å². The van der Waals surface area contributed by atoms with E-state index in [-0.39, 0.29) is 0 Å². The second kappa shape index (κ2) is 5.71. The lowest BCUT2D eigenvalue weighted by Gasteiger charge is -2.42. The summed E-state index contributed by atoms with van der Waals surface area (Å²) in [5.41, 5.74) is -6.66. The number of hydrogen-bond donors (Lipinski definition) is 1. The average Bonchev–Trinajstić information content (AvgIpc) is 2.34. The Bertz CT molecular complexity index is 646. The summed E-state index contributed by atoms with van der Waals surface area (Å²) in [6.45, 7) is -1.48. The monoisotopic (exact) mass is 446 g/mol. The largest absolute Gasteiger partial charge is 0.438 e. The molecule has 26 heavy (non-hydrogen) atoms. The van der Waals surface area contributed by atoms with Crippen molar-refractivity contribution >= 4 is 10.1 Å². The van der Waals surface area contributed by atoms with E-state index in [1.54, 1.807) is 0 Å². The zero-order chi connectivity index (χ0) is 22.0. The molecule has 0 aliphatic heterocycles. The molecule has 158 valence electrons. The maximum absolute atomic E-state index is 13.1. The van der Waals surface area contributed by atoms with Gasteiger partial charge in [0.2, 0.25) is 0 Å². The van der Waals surface area contributed by atoms with Gasteiger partial charge in [0.1, 0.15) is 0 Å². The van der Waals surface area contributed by atoms with Crippen LogP contribution in [0.25, 0.3) is 0 Å². The van der Waals surface area contributed by atoms with Gasteiger partial charge in [-0.3, -0.25) is 4.55 Å². The molecule has 0 aromatic heterocycles. The molecule has 1 atom stereocenters. The van der Waals surface area contributed by atoms with Crippen molar-refractivity contribution in [2.45, 2.75) is 47.7 Å². The highest BCUT2D eigenvalue weighted by Gasteiger charge is 2.93. The van der Waals surface area contributed by atoms with E-state index in [1.165, 1.54) is 0 Å². The Morgan fingerprint density at radius 2 is 0.846 bits per heavy atom. The van der Waals surface area contributed by atoms with Crippen molar-refractivity contribution in [1.82, 2.24) is 0 Å². The minimum absolute atomic E-state index is 1.48. The molecule has 0 heterocycles. The molecule has 3 nitrogen and oxygen atoms in total. The van der Waals surface area contributed by atoms with E-state index in [1.807, 2.05) is 0 Å². The van der Waals surface area contributed by atoms with Crippen LogP contribution in [0.1, 0.15) is 6.92 Å². The van der Waals surface area contributed by atoms with Crippen LogP contribution in [-0.4, -0.2) is 53.8 Å². The van der Waals surface area contributed by atoms with Crippen LogP contribution in [0.5, 0.6) is 0 Å². The van der Waals surface area contributed by atoms with Crippen LogP contribution in [0, 0.1) is 0 Å². The summed E-state index contributed by atoms with van der Waals surface area (Å²) in [6, 6.07) is 0. The van der Waals surface area contributed by atoms with E-state index >= 15 is 0 Å². The number of alkyl halides is 14. The molecule has 0 spiro atoms. The lowest BCUT2D eigenvalue weighted by atomic mass is 9.88. The van der Waals surface area contributed by atoms with E-state index in [9.17, 15) is 69.9 Å². The van der Waals surface area contributed by atoms with E-state index in [0.29, 0.717) is 0 Å². The van der Waals surface area contributed by atoms with Gasteiger partial charge in [-0.15, -0.1) is 0 Å². The smallest absolute Gasteiger partial charge is 0.281 e. The van der Waals surface area contributed by atoms with Gasteiger partial charge in [0.15, 0.2) is 0 Å². The van der Waals surface area contributed by atoms with Crippen LogP contribution < -0.4 is 0 Å². The minimum atomic E-state index is -8.30. The van der Waals surface area contributed by atoms with Crippen molar-refractivity contribution in [2.24, 2.45) is 0 Å². The lowest BCUT2D eigenvalue weighted by Crippen LogP contribution is -2.73. The molecule has 0 aliphatic carbocycles. The molecule has 1 unspecified atom stereocenters. The molecule has 0 rings (SSSR count). The van der Waals surface area contributed by atoms with Crippen molar-refractivity contribution < 1.29 is 74.4 Å². The Morgan fingerprint density at radius 3 is 1.08 bits per heavy atom. The van der Waals surface area contributed by atoms with Gasteiger partial charge in [-0.2, -0.15) is 65.5 Å². The summed E-state index contributed by atoms with van der Waals surface area (Å²) >= 11 is 0. The fraction of sp³-hybridized carbons (Fsp3) is 1.00. The quantitative estimate of drug-likeness (QED) is 0.489. The second-order valence-electron chi connectivity index (χ2n) is 4.79. The van der Waals surface area contributed by atoms with Crippen LogP contribution in [0.3, 0.4) is 0 Å². The molecule has 0 aromatic carbocycles. The maximum Gasteiger partial charge on any atom is 0.438 e. The third-order valence-corrected chi connectivity index (χ3v) is 3.90. The van der Waals surface area contributed by atoms with Crippen LogP contribution in [0.15, 0.2) is 0 Å². The molecule has 0 fully saturated rings. The first-order valence-electron chi connectivity index (χ1n) is 5.37. The molecule has 0 saturated heterocycles. The highest BCUT2D eigenvalue weighted by Crippen LogP contribution is 2.62. The van der Waals surface area contributed by atoms with Gasteiger partial charge in [-0.1, -0.05) is 0 Å². The van der Waals surface area contributed by atoms with Crippen molar-refractivity contribution in [3.63, 3.8) is 0 Å². The third kappa shape index (κ3) is 2.88. The van der Waals surface area contributed by atoms with E-state index in [2.05, 4.69) is 0 Å². The van der Waals surface area contributed by atoms with Gasteiger partial charge in [0, 0.05) is 0 Å². The topological polar surface area (TPSA) is 54.4 Å². The summed E-state index contributed by atoms with van der Waals surface area (Å²) in [5.74, 6) is -32.4. The predicted molar refractivity (Wildman–Crippen MR) is 51.9 cm³/mol. The van der Waals surface area contributed by atoms with Crippen molar-refractivity contribution in [2.75, 3.05) is 0 Å². The Labute approximate surface area is 133 Å². The Morgan fingerprint density at radius 1 is 0.577 bits per heavy atom. The Balaban J connectivity index is 6.71. The molecule has 0 bridgehead atoms. The Hall–Kier alpha value is -1.07. The third-order valence-electron chi connectivity index (χ3n) is 2.99. The molecule has 0 radical (unpaired) electrons. The first-order valence-corrected chi connectivity index (χ1v) is 6.81. The number of hydrogen-bond acceptors (Lipinski definition) is 2. The second-order valence-corrected chi connectivity index (χ2v) is 6.25. The number of rotatable bonds is 6. The fourth-order valence-corrected chi connectivity index (χ4v) is 1.66. The normalized spacial score (nSPS) is 18.6. The minimum Gasteiger partial charge on any atom is -0.281 e. The summed E-state index contributed by atoms with van der Waals surface area (Å²) in [5, 5.41) is -7.58. The van der Waals surface area contributed by atoms with Gasteiger partial charge in [0.25, 0.3) is 5.67 Å². The predicted octanol–water partition coefficient (Wildman–Crippen LogP) is 4.30. The van der Waals surface area contributed by atoms with Gasteiger partial charge >= 0.3 is 45.2 Å². The molecular formula is C8H4F14O3S. The van der Waals surface area contributed by atoms with Crippen LogP contribution in [0.2, 0.25) is 0 Å². The first-order chi connectivity index (χ1) is 10.8. The maximum atomic E-state index is 13.1. The SMILES string of the molecule is CC(F)(C(F)(F)F)C(F)(F)C(F)(F)C(F)(F)C(F)(F)C(F)(F)S(=O)(=O)O. The van der Waals surface area contributed by atoms with Gasteiger partial charge in [-0.05, 0) is 6.92 Å². The fourth-order valence-electron chi connectivity index (χ4n) is 1.21. The molecule has 0 amide bonds. The highest BCUT2D eigenvalue weighted by atomic mass is 32.2. The lowest BCUT2D eigenvalue weighted by molar-refractivity contribution is -0.424. The standard InChI is InChI=1S/C8H4F14O3S/c1-2(9,7(18,19)20)3(10,11)4(12,13)5(14,15)6(16,17)8(21,22)26(23,24)25/h1H3,(H,23,24,25). The highest BCUT2D eigenvalue weighted by molar-refractivity contribution is 7.87. The van der Waals surface area contributed by atoms with Crippen LogP contribution >= 0.6 is 0 Å². The zero-order valence-electron chi connectivity index (χ0n) is 11.5. The van der Waals surface area contributed by atoms with Crippen molar-refractivity contribution in [1.29, 1.82) is 0 Å². The summed E-state index contributed by atoms with van der Waals surface area (Å²) in [6.07, 6.45) is -7.09. The molecule has 0 aromatic rings. The Kier molecular flexibility index (Phi) is 5.48. The molecular weight excluding hydrogens is 442 g/mol. The van der Waals surface area contributed by atoms with Crippen molar-refractivity contribution in [3.05, 3.63) is 0 Å². The first kappa shape index (κ1) is 24.9. The van der Waals surface area contributed by atoms with Crippen LogP contribution in [0.4, 0.5) is 61.5 Å². The molecule has 0 aliphatic rings. The molecule has 1 N–H and O–H groups in total. The summed E-state index contributed by atoms with van der Waals surface area (Å²) in [7, 11) is -7.67. The van der Waals surface area contributed by atoms with Crippen molar-refractivity contribution in [3.8, 4) is 0 Å². The van der Waals surface area contributed by atoms with Crippen LogP contribution in [-0.2, 0) is 10.1 Å². The summed E-state index contributed by atoms with van der Waals surface area (Å²) in [4.78, 5) is 0. The number of halogens is 14. The summed E-state index contributed by atoms with van der Waals surface area (Å²) < 4.78 is 207. The van der Waals surface area contributed by atoms with E-state index < -0.39 is 57.8 Å². The molecule has 0 saturated carbocycles. The van der Waals surface area contributed by atoms with Gasteiger partial charge < -0.3 is 0 Å². The van der Waals surface area contributed by atoms with E-state index in [0.717, 1.165) is 0 Å². The zero-order valence-corrected chi connectivity index (χ0v) is 12.3. The average molecular weight is 446 g/mol. The van der Waals surface area contributed by atoms with Gasteiger partial charge in [-0.25, -0.2) is 4.39 Å². The van der Waals surface area contributed by atoms with Gasteiger partial charge in [0.05, 0.1) is 0 Å².